The van der Waals surface area contributed by atoms with Gasteiger partial charge in [-0.3, -0.25) is 9.97 Å². The fourth-order valence-electron chi connectivity index (χ4n) is 10.3. The average molecular weight is 1350 g/mol. The quantitative estimate of drug-likeness (QED) is 0.136. The summed E-state index contributed by atoms with van der Waals surface area (Å²) in [5.74, 6) is 5.69. The van der Waals surface area contributed by atoms with Crippen LogP contribution in [0.25, 0.3) is 0 Å². The van der Waals surface area contributed by atoms with Crippen molar-refractivity contribution in [2.75, 3.05) is 0 Å². The topological polar surface area (TPSA) is 25.8 Å². The van der Waals surface area contributed by atoms with Gasteiger partial charge in [-0.15, -0.1) is 0 Å². The van der Waals surface area contributed by atoms with Gasteiger partial charge in [-0.1, -0.05) is 255 Å². The molecule has 6 aromatic carbocycles. The first-order valence-electron chi connectivity index (χ1n) is 35.5. The summed E-state index contributed by atoms with van der Waals surface area (Å²) in [5, 5.41) is 0.903. The van der Waals surface area contributed by atoms with Gasteiger partial charge in [-0.05, 0) is 285 Å². The number of nitrogens with zero attached hydrogens (tertiary/aromatic N) is 2. The molecule has 2 aromatic heterocycles. The molecule has 0 spiro atoms. The third-order valence-corrected chi connectivity index (χ3v) is 18.4. The van der Waals surface area contributed by atoms with E-state index >= 15 is 0 Å². The molecule has 8 aromatic rings. The van der Waals surface area contributed by atoms with Gasteiger partial charge in [0.1, 0.15) is 0 Å². The summed E-state index contributed by atoms with van der Waals surface area (Å²) in [7, 11) is 0. The van der Waals surface area contributed by atoms with Crippen LogP contribution in [0.1, 0.15) is 339 Å². The molecule has 0 unspecified atom stereocenters. The molecule has 0 saturated carbocycles. The van der Waals surface area contributed by atoms with Crippen molar-refractivity contribution in [1.82, 2.24) is 9.97 Å². The number of aromatic nitrogens is 2. The Balaban J connectivity index is 0.00000109. The molecule has 2 heterocycles. The van der Waals surface area contributed by atoms with Gasteiger partial charge in [0.25, 0.3) is 0 Å². The molecule has 0 N–H and O–H groups in total. The second-order valence-corrected chi connectivity index (χ2v) is 30.2. The number of alkyl halides is 3. The summed E-state index contributed by atoms with van der Waals surface area (Å²) in [6, 6.07) is 41.9. The molecule has 0 aliphatic heterocycles. The summed E-state index contributed by atoms with van der Waals surface area (Å²) in [5.41, 5.74) is 29.2. The fraction of sp³-hybridized carbons (Fsp3) is 0.495. The van der Waals surface area contributed by atoms with Crippen molar-refractivity contribution in [3.63, 3.8) is 0 Å². The van der Waals surface area contributed by atoms with Crippen molar-refractivity contribution in [3.8, 4) is 0 Å². The van der Waals surface area contributed by atoms with E-state index in [0.717, 1.165) is 28.0 Å². The molecule has 6 heteroatoms. The maximum Gasteiger partial charge on any atom is 0.416 e. The highest BCUT2D eigenvalue weighted by Gasteiger charge is 2.32. The van der Waals surface area contributed by atoms with Crippen LogP contribution in [0.5, 0.6) is 0 Å². The Morgan fingerprint density at radius 2 is 0.649 bits per heavy atom. The maximum absolute atomic E-state index is 12.4. The van der Waals surface area contributed by atoms with Crippen LogP contribution in [0, 0.1) is 90.0 Å². The van der Waals surface area contributed by atoms with Crippen LogP contribution in [0.2, 0.25) is 5.02 Å². The predicted octanol–water partition coefficient (Wildman–Crippen LogP) is 29.8. The van der Waals surface area contributed by atoms with Crippen molar-refractivity contribution in [2.45, 2.75) is 301 Å². The Kier molecular flexibility index (Phi) is 40.5. The molecule has 0 saturated heterocycles. The molecule has 0 bridgehead atoms. The zero-order valence-electron chi connectivity index (χ0n) is 66.3. The molecule has 8 rings (SSSR count). The van der Waals surface area contributed by atoms with Crippen molar-refractivity contribution >= 4 is 11.6 Å². The first-order chi connectivity index (χ1) is 44.3. The van der Waals surface area contributed by atoms with E-state index in [2.05, 4.69) is 314 Å². The van der Waals surface area contributed by atoms with Crippen LogP contribution in [0.15, 0.2) is 128 Å². The van der Waals surface area contributed by atoms with Gasteiger partial charge in [0, 0.05) is 28.3 Å². The Morgan fingerprint density at radius 1 is 0.299 bits per heavy atom. The largest absolute Gasteiger partial charge is 0.416 e. The lowest BCUT2D eigenvalue weighted by Gasteiger charge is -2.15. The number of benzene rings is 6. The van der Waals surface area contributed by atoms with Crippen molar-refractivity contribution in [1.29, 1.82) is 0 Å². The summed E-state index contributed by atoms with van der Waals surface area (Å²) in [6.07, 6.45) is -2.29. The zero-order valence-corrected chi connectivity index (χ0v) is 67.1. The highest BCUT2D eigenvalue weighted by atomic mass is 35.5. The molecule has 0 atom stereocenters. The van der Waals surface area contributed by atoms with Crippen molar-refractivity contribution in [3.05, 3.63) is 266 Å². The lowest BCUT2D eigenvalue weighted by molar-refractivity contribution is -0.138. The van der Waals surface area contributed by atoms with Gasteiger partial charge >= 0.3 is 6.18 Å². The van der Waals surface area contributed by atoms with E-state index in [9.17, 15) is 13.2 Å². The lowest BCUT2D eigenvalue weighted by atomic mass is 9.92. The highest BCUT2D eigenvalue weighted by molar-refractivity contribution is 6.31. The number of rotatable bonds is 10. The zero-order chi connectivity index (χ0) is 74.0. The Bertz CT molecular complexity index is 3460. The Hall–Kier alpha value is -6.30. The van der Waals surface area contributed by atoms with Gasteiger partial charge in [-0.2, -0.15) is 13.2 Å². The third kappa shape index (κ3) is 32.1. The van der Waals surface area contributed by atoms with Gasteiger partial charge in [0.15, 0.2) is 0 Å². The minimum atomic E-state index is -4.24. The van der Waals surface area contributed by atoms with E-state index in [1.54, 1.807) is 12.1 Å². The number of hydrogen-bond acceptors (Lipinski definition) is 2. The molecular formula is C91H134ClF3N2. The summed E-state index contributed by atoms with van der Waals surface area (Å²) in [4.78, 5) is 8.67. The van der Waals surface area contributed by atoms with E-state index in [4.69, 9.17) is 11.6 Å². The van der Waals surface area contributed by atoms with Crippen LogP contribution in [-0.2, 0) is 6.18 Å². The molecule has 0 fully saturated rings. The molecule has 97 heavy (non-hydrogen) atoms. The minimum absolute atomic E-state index is 0. The van der Waals surface area contributed by atoms with Crippen LogP contribution in [-0.4, -0.2) is 9.97 Å². The molecular weight excluding hydrogens is 1210 g/mol. The van der Waals surface area contributed by atoms with Crippen LogP contribution in [0.3, 0.4) is 0 Å². The molecule has 0 amide bonds. The first kappa shape index (κ1) is 90.7. The molecule has 536 valence electrons. The Morgan fingerprint density at radius 3 is 1.01 bits per heavy atom. The van der Waals surface area contributed by atoms with E-state index in [-0.39, 0.29) is 13.3 Å². The number of hydrogen-bond donors (Lipinski definition) is 0. The number of pyridine rings is 2. The van der Waals surface area contributed by atoms with E-state index in [1.165, 1.54) is 113 Å². The van der Waals surface area contributed by atoms with Gasteiger partial charge in [-0.25, -0.2) is 0 Å². The van der Waals surface area contributed by atoms with Crippen LogP contribution >= 0.6 is 11.6 Å². The first-order valence-corrected chi connectivity index (χ1v) is 35.9. The second-order valence-electron chi connectivity index (χ2n) is 29.8. The summed E-state index contributed by atoms with van der Waals surface area (Å²) < 4.78 is 37.1. The lowest BCUT2D eigenvalue weighted by Crippen LogP contribution is -2.07. The predicted molar refractivity (Wildman–Crippen MR) is 426 cm³/mol. The molecule has 0 radical (unpaired) electrons. The van der Waals surface area contributed by atoms with Crippen molar-refractivity contribution < 1.29 is 13.2 Å². The normalized spacial score (nSPS) is 11.0. The maximum atomic E-state index is 12.4. The van der Waals surface area contributed by atoms with E-state index < -0.39 is 11.7 Å². The third-order valence-electron chi connectivity index (χ3n) is 18.0. The number of halogens is 4. The van der Waals surface area contributed by atoms with Gasteiger partial charge < -0.3 is 0 Å². The monoisotopic (exact) mass is 1350 g/mol. The van der Waals surface area contributed by atoms with E-state index in [0.29, 0.717) is 58.8 Å². The van der Waals surface area contributed by atoms with E-state index in [1.807, 2.05) is 27.0 Å². The molecule has 0 aliphatic rings. The molecule has 0 aliphatic carbocycles. The van der Waals surface area contributed by atoms with Crippen molar-refractivity contribution in [2.24, 2.45) is 0 Å². The Labute approximate surface area is 599 Å². The fourth-order valence-corrected chi connectivity index (χ4v) is 10.5. The summed E-state index contributed by atoms with van der Waals surface area (Å²) in [6.45, 7) is 70.9. The summed E-state index contributed by atoms with van der Waals surface area (Å²) >= 11 is 6.21. The number of aryl methyl sites for hydroxylation is 12. The van der Waals surface area contributed by atoms with Gasteiger partial charge in [0.2, 0.25) is 0 Å². The highest BCUT2D eigenvalue weighted by Crippen LogP contribution is 2.34. The minimum Gasteiger partial charge on any atom is -0.261 e. The average Bonchev–Trinajstić information content (AvgIpc) is 0.881. The van der Waals surface area contributed by atoms with Crippen LogP contribution in [0.4, 0.5) is 13.2 Å². The second kappa shape index (κ2) is 43.3. The molecule has 2 nitrogen and oxygen atoms in total. The smallest absolute Gasteiger partial charge is 0.261 e. The van der Waals surface area contributed by atoms with Crippen LogP contribution < -0.4 is 0 Å². The SMILES string of the molecule is C.Cc1c(Cl)cc(C(C)C)cc1C(C)C.Cc1cc(C(C)C)ccc1C(F)(F)F.Cc1cc(C)c(C(C)C)cc1C.Cc1ccc(C(C)C)cc1C.Cc1ccc(C(C)C)cc1C.Cc1ccc(C(C)C)cc1C(C)C.Cc1ccc(C(C)C)cn1.Cc1ccc(C(C)C)nc1C. The standard InChI is InChI=1S/C13H19Cl.C13H20.C12H18.C11H13F3.2C11H16.C10H15N.C9H13N.CH4/c1-8(2)11-6-12(9(3)4)10(5)13(14)7-11;1-9(2)12-7-6-11(5)13(8-12)10(3)4;1-8(2)12-7-10(4)9(3)6-11(12)5;1-7(2)9-4-5-10(8(3)6-9)11(12,13)14;2*1-8(2)11-6-5-9(3)10(4)7-11;1-7(2)10-6-5-8(3)9(4)11-10;1-7(2)9-5-4-8(3)10-6-9;/h6-9H,1-5H3;6-10H,1-5H3;6-8H,1-5H3;4-7H,1-3H3;2*5-8H,1-4H3;5-7H,1-4H3;4-7H,1-3H3;1H4. The van der Waals surface area contributed by atoms with Gasteiger partial charge in [0.05, 0.1) is 5.56 Å².